The molecule has 4 heteroatoms. The van der Waals surface area contributed by atoms with E-state index in [1.807, 2.05) is 30.3 Å². The van der Waals surface area contributed by atoms with E-state index in [4.69, 9.17) is 9.83 Å². The van der Waals surface area contributed by atoms with Gasteiger partial charge in [-0.1, -0.05) is 24.3 Å². The smallest absolute Gasteiger partial charge is 0.168 e. The van der Waals surface area contributed by atoms with Crippen molar-refractivity contribution in [3.63, 3.8) is 0 Å². The average molecular weight is 305 g/mol. The number of aliphatic hydroxyl groups excluding tert-OH is 1. The lowest BCUT2D eigenvalue weighted by atomic mass is 9.89. The lowest BCUT2D eigenvalue weighted by Crippen LogP contribution is -2.19. The van der Waals surface area contributed by atoms with Crippen LogP contribution in [0.3, 0.4) is 0 Å². The molecule has 1 aliphatic carbocycles. The number of aliphatic hydroxyl groups is 1. The second-order valence-electron chi connectivity index (χ2n) is 5.78. The molecule has 2 aromatic carbocycles. The van der Waals surface area contributed by atoms with Gasteiger partial charge in [0.1, 0.15) is 16.9 Å². The fourth-order valence-electron chi connectivity index (χ4n) is 3.14. The Morgan fingerprint density at radius 1 is 1.04 bits per heavy atom. The molecule has 1 heterocycles. The van der Waals surface area contributed by atoms with E-state index in [-0.39, 0.29) is 22.8 Å². The van der Waals surface area contributed by atoms with Crippen LogP contribution in [0.1, 0.15) is 24.8 Å². The Hall–Kier alpha value is -2.88. The van der Waals surface area contributed by atoms with Gasteiger partial charge < -0.3 is 9.52 Å². The fourth-order valence-corrected chi connectivity index (χ4v) is 3.14. The first-order valence-electron chi connectivity index (χ1n) is 7.61. The van der Waals surface area contributed by atoms with Crippen LogP contribution < -0.4 is 0 Å². The highest BCUT2D eigenvalue weighted by atomic mass is 16.3. The van der Waals surface area contributed by atoms with Gasteiger partial charge in [0.15, 0.2) is 5.78 Å². The van der Waals surface area contributed by atoms with Crippen LogP contribution in [0.2, 0.25) is 0 Å². The summed E-state index contributed by atoms with van der Waals surface area (Å²) in [5.41, 5.74) is 2.26. The van der Waals surface area contributed by atoms with E-state index in [1.54, 1.807) is 12.1 Å². The van der Waals surface area contributed by atoms with Gasteiger partial charge in [0.05, 0.1) is 11.3 Å². The van der Waals surface area contributed by atoms with E-state index >= 15 is 0 Å². The first kappa shape index (κ1) is 13.8. The summed E-state index contributed by atoms with van der Waals surface area (Å²) >= 11 is 0. The summed E-state index contributed by atoms with van der Waals surface area (Å²) in [6.45, 7) is 0. The molecule has 0 fully saturated rings. The Morgan fingerprint density at radius 3 is 2.65 bits per heavy atom. The van der Waals surface area contributed by atoms with Gasteiger partial charge in [0, 0.05) is 29.2 Å². The van der Waals surface area contributed by atoms with Crippen molar-refractivity contribution in [2.75, 3.05) is 0 Å². The molecule has 3 aromatic rings. The van der Waals surface area contributed by atoms with Crippen LogP contribution in [-0.4, -0.2) is 16.6 Å². The van der Waals surface area contributed by atoms with Crippen molar-refractivity contribution in [2.24, 2.45) is 0 Å². The number of benzene rings is 2. The highest BCUT2D eigenvalue weighted by Crippen LogP contribution is 2.30. The van der Waals surface area contributed by atoms with Gasteiger partial charge in [-0.15, -0.1) is 0 Å². The number of allylic oxidation sites excluding steroid dienone is 2. The molecule has 4 nitrogen and oxygen atoms in total. The zero-order valence-corrected chi connectivity index (χ0v) is 12.4. The number of para-hydroxylation sites is 1. The average Bonchev–Trinajstić information content (AvgIpc) is 2.92. The van der Waals surface area contributed by atoms with Gasteiger partial charge in [-0.2, -0.15) is 0 Å². The van der Waals surface area contributed by atoms with E-state index in [9.17, 15) is 9.90 Å². The number of carbonyl (C=O) groups is 1. The Bertz CT molecular complexity index is 994. The molecule has 0 aliphatic heterocycles. The molecule has 0 unspecified atom stereocenters. The topological polar surface area (TPSA) is 74.3 Å². The predicted octanol–water partition coefficient (Wildman–Crippen LogP) is 4.52. The van der Waals surface area contributed by atoms with Crippen molar-refractivity contribution in [1.29, 1.82) is 5.41 Å². The molecule has 0 atom stereocenters. The molecule has 1 aliphatic rings. The quantitative estimate of drug-likeness (QED) is 0.684. The number of rotatable bonds is 2. The summed E-state index contributed by atoms with van der Waals surface area (Å²) in [6, 6.07) is 13.2. The second kappa shape index (κ2) is 5.09. The maximum Gasteiger partial charge on any atom is 0.168 e. The van der Waals surface area contributed by atoms with Crippen LogP contribution in [0.15, 0.2) is 58.2 Å². The summed E-state index contributed by atoms with van der Waals surface area (Å²) in [4.78, 5) is 12.0. The third-order valence-electron chi connectivity index (χ3n) is 4.30. The maximum atomic E-state index is 12.0. The Labute approximate surface area is 132 Å². The lowest BCUT2D eigenvalue weighted by Gasteiger charge is -2.15. The standard InChI is InChI=1S/C19H15NO3/c20-19(18-14(21)5-3-6-15(18)22)11-8-9-13-12-4-1-2-7-16(12)23-17(13)10-11/h1-2,4,7-10,20-21H,3,5-6H2. The largest absolute Gasteiger partial charge is 0.511 e. The highest BCUT2D eigenvalue weighted by molar-refractivity contribution is 6.28. The van der Waals surface area contributed by atoms with Crippen LogP contribution in [0, 0.1) is 5.41 Å². The van der Waals surface area contributed by atoms with Crippen molar-refractivity contribution >= 4 is 33.4 Å². The van der Waals surface area contributed by atoms with Gasteiger partial charge in [-0.3, -0.25) is 10.2 Å². The zero-order valence-electron chi connectivity index (χ0n) is 12.4. The van der Waals surface area contributed by atoms with Crippen LogP contribution >= 0.6 is 0 Å². The van der Waals surface area contributed by atoms with E-state index in [0.717, 1.165) is 16.4 Å². The van der Waals surface area contributed by atoms with E-state index in [1.165, 1.54) is 0 Å². The van der Waals surface area contributed by atoms with Crippen LogP contribution in [0.4, 0.5) is 0 Å². The molecule has 4 rings (SSSR count). The Kier molecular flexibility index (Phi) is 3.05. The molecular formula is C19H15NO3. The third-order valence-corrected chi connectivity index (χ3v) is 4.30. The number of ketones is 1. The number of furan rings is 1. The molecule has 23 heavy (non-hydrogen) atoms. The number of hydrogen-bond donors (Lipinski definition) is 2. The number of nitrogens with one attached hydrogen (secondary N) is 1. The van der Waals surface area contributed by atoms with Gasteiger partial charge in [0.25, 0.3) is 0 Å². The fraction of sp³-hybridized carbons (Fsp3) is 0.158. The SMILES string of the molecule is N=C(C1=C(O)CCCC1=O)c1ccc2c(c1)oc1ccccc12. The molecule has 114 valence electrons. The molecule has 0 amide bonds. The summed E-state index contributed by atoms with van der Waals surface area (Å²) in [5.74, 6) is -0.139. The summed E-state index contributed by atoms with van der Waals surface area (Å²) < 4.78 is 5.82. The molecule has 0 saturated heterocycles. The first-order chi connectivity index (χ1) is 11.1. The minimum Gasteiger partial charge on any atom is -0.511 e. The van der Waals surface area contributed by atoms with Gasteiger partial charge in [0.2, 0.25) is 0 Å². The molecule has 0 spiro atoms. The zero-order chi connectivity index (χ0) is 16.0. The Balaban J connectivity index is 1.84. The van der Waals surface area contributed by atoms with Gasteiger partial charge in [-0.25, -0.2) is 0 Å². The molecular weight excluding hydrogens is 290 g/mol. The van der Waals surface area contributed by atoms with Crippen molar-refractivity contribution in [3.05, 3.63) is 59.4 Å². The minimum absolute atomic E-state index is 0.0240. The summed E-state index contributed by atoms with van der Waals surface area (Å²) in [5, 5.41) is 20.3. The normalized spacial score (nSPS) is 15.6. The number of carbonyl (C=O) groups excluding carboxylic acids is 1. The summed E-state index contributed by atoms with van der Waals surface area (Å²) in [7, 11) is 0. The van der Waals surface area contributed by atoms with Crippen molar-refractivity contribution in [3.8, 4) is 0 Å². The second-order valence-corrected chi connectivity index (χ2v) is 5.78. The Morgan fingerprint density at radius 2 is 1.83 bits per heavy atom. The van der Waals surface area contributed by atoms with Crippen LogP contribution in [-0.2, 0) is 4.79 Å². The van der Waals surface area contributed by atoms with E-state index in [2.05, 4.69) is 0 Å². The van der Waals surface area contributed by atoms with Crippen LogP contribution in [0.5, 0.6) is 0 Å². The van der Waals surface area contributed by atoms with Crippen molar-refractivity contribution < 1.29 is 14.3 Å². The monoisotopic (exact) mass is 305 g/mol. The van der Waals surface area contributed by atoms with Crippen LogP contribution in [0.25, 0.3) is 21.9 Å². The lowest BCUT2D eigenvalue weighted by molar-refractivity contribution is -0.115. The minimum atomic E-state index is -0.163. The van der Waals surface area contributed by atoms with E-state index in [0.29, 0.717) is 30.4 Å². The number of hydrogen-bond acceptors (Lipinski definition) is 4. The summed E-state index contributed by atoms with van der Waals surface area (Å²) in [6.07, 6.45) is 1.48. The predicted molar refractivity (Wildman–Crippen MR) is 89.1 cm³/mol. The molecule has 1 aromatic heterocycles. The van der Waals surface area contributed by atoms with E-state index < -0.39 is 0 Å². The molecule has 0 saturated carbocycles. The molecule has 0 bridgehead atoms. The van der Waals surface area contributed by atoms with Gasteiger partial charge in [-0.05, 0) is 24.6 Å². The van der Waals surface area contributed by atoms with Gasteiger partial charge >= 0.3 is 0 Å². The third kappa shape index (κ3) is 2.14. The number of fused-ring (bicyclic) bond motifs is 3. The number of Topliss-reactive ketones (excluding diaryl/α,β-unsaturated/α-hetero) is 1. The highest BCUT2D eigenvalue weighted by Gasteiger charge is 2.25. The van der Waals surface area contributed by atoms with Crippen molar-refractivity contribution in [1.82, 2.24) is 0 Å². The van der Waals surface area contributed by atoms with Crippen molar-refractivity contribution in [2.45, 2.75) is 19.3 Å². The molecule has 0 radical (unpaired) electrons. The maximum absolute atomic E-state index is 12.0. The molecule has 2 N–H and O–H groups in total. The first-order valence-corrected chi connectivity index (χ1v) is 7.61.